The number of nitriles is 1. The van der Waals surface area contributed by atoms with Crippen molar-refractivity contribution in [3.63, 3.8) is 0 Å². The molecule has 2 N–H and O–H groups in total. The third kappa shape index (κ3) is 5.02. The maximum Gasteiger partial charge on any atom is 0.276 e. The second-order valence-corrected chi connectivity index (χ2v) is 11.7. The van der Waals surface area contributed by atoms with Crippen LogP contribution in [0.5, 0.6) is 0 Å². The van der Waals surface area contributed by atoms with Gasteiger partial charge >= 0.3 is 0 Å². The van der Waals surface area contributed by atoms with Gasteiger partial charge in [0.05, 0.1) is 39.0 Å². The van der Waals surface area contributed by atoms with E-state index in [2.05, 4.69) is 16.5 Å². The number of hydrogen-bond donors (Lipinski definition) is 1. The van der Waals surface area contributed by atoms with Crippen molar-refractivity contribution in [2.75, 3.05) is 30.3 Å². The molecule has 5 rings (SSSR count). The molecule has 238 valence electrons. The standard InChI is InChI=1S/C32H28ClF4N7O2/c1-6-20(45)42-9-10-43(16(5)13-42)30-17-11-19(33)28(21-22(34)23(35)24(36)25(37)26(21)39)41-31(17)44(32(46)18(30)12-38)29-15(4)7-8-40-27(29)14(2)3/h6-8,11,14,16H,1,9-10,13,39H2,2-5H3. The number of aryl methyl sites for hydroxylation is 1. The van der Waals surface area contributed by atoms with E-state index in [1.165, 1.54) is 12.1 Å². The summed E-state index contributed by atoms with van der Waals surface area (Å²) in [5.41, 5.74) is 3.41. The number of rotatable bonds is 5. The molecule has 0 radical (unpaired) electrons. The van der Waals surface area contributed by atoms with Gasteiger partial charge in [0.1, 0.15) is 17.3 Å². The van der Waals surface area contributed by atoms with E-state index in [0.29, 0.717) is 11.3 Å². The lowest BCUT2D eigenvalue weighted by molar-refractivity contribution is -0.126. The van der Waals surface area contributed by atoms with Crippen LogP contribution < -0.4 is 16.2 Å². The fourth-order valence-electron chi connectivity index (χ4n) is 5.83. The van der Waals surface area contributed by atoms with Crippen LogP contribution in [0.1, 0.15) is 43.5 Å². The third-order valence-corrected chi connectivity index (χ3v) is 8.34. The van der Waals surface area contributed by atoms with Crippen LogP contribution in [0.2, 0.25) is 5.02 Å². The Morgan fingerprint density at radius 1 is 1.17 bits per heavy atom. The minimum Gasteiger partial charge on any atom is -0.396 e. The Bertz CT molecular complexity index is 2030. The van der Waals surface area contributed by atoms with Gasteiger partial charge in [0.25, 0.3) is 5.56 Å². The first-order valence-corrected chi connectivity index (χ1v) is 14.6. The van der Waals surface area contributed by atoms with Crippen LogP contribution in [0.4, 0.5) is 28.9 Å². The molecule has 46 heavy (non-hydrogen) atoms. The number of fused-ring (bicyclic) bond motifs is 1. The lowest BCUT2D eigenvalue weighted by atomic mass is 10.0. The average Bonchev–Trinajstić information content (AvgIpc) is 3.03. The number of benzene rings is 1. The topological polar surface area (TPSA) is 121 Å². The fraction of sp³-hybridized carbons (Fsp3) is 0.281. The Kier molecular flexibility index (Phi) is 8.53. The first kappa shape index (κ1) is 32.4. The zero-order valence-electron chi connectivity index (χ0n) is 25.3. The van der Waals surface area contributed by atoms with E-state index in [1.54, 1.807) is 35.9 Å². The Morgan fingerprint density at radius 3 is 2.46 bits per heavy atom. The van der Waals surface area contributed by atoms with E-state index in [9.17, 15) is 28.0 Å². The van der Waals surface area contributed by atoms with Crippen molar-refractivity contribution in [3.05, 3.63) is 86.5 Å². The van der Waals surface area contributed by atoms with Gasteiger partial charge in [-0.2, -0.15) is 5.26 Å². The molecule has 4 aromatic rings. The van der Waals surface area contributed by atoms with Gasteiger partial charge in [0.2, 0.25) is 5.91 Å². The van der Waals surface area contributed by atoms with E-state index >= 15 is 4.39 Å². The van der Waals surface area contributed by atoms with E-state index in [1.807, 2.05) is 19.9 Å². The third-order valence-electron chi connectivity index (χ3n) is 8.05. The minimum atomic E-state index is -2.12. The monoisotopic (exact) mass is 653 g/mol. The summed E-state index contributed by atoms with van der Waals surface area (Å²) in [6, 6.07) is 4.54. The number of carbonyl (C=O) groups is 1. The molecule has 3 aromatic heterocycles. The molecule has 1 aromatic carbocycles. The van der Waals surface area contributed by atoms with Gasteiger partial charge in [-0.25, -0.2) is 22.5 Å². The van der Waals surface area contributed by atoms with Crippen molar-refractivity contribution in [2.45, 2.75) is 39.7 Å². The van der Waals surface area contributed by atoms with Crippen LogP contribution in [-0.4, -0.2) is 51.0 Å². The highest BCUT2D eigenvalue weighted by atomic mass is 35.5. The number of anilines is 2. The maximum atomic E-state index is 15.2. The first-order valence-electron chi connectivity index (χ1n) is 14.2. The minimum absolute atomic E-state index is 0.149. The summed E-state index contributed by atoms with van der Waals surface area (Å²) in [7, 11) is 0. The SMILES string of the molecule is C=CC(=O)N1CCN(c2c(C#N)c(=O)n(-c3c(C)ccnc3C(C)C)c3nc(-c4c(N)c(F)c(F)c(F)c4F)c(Cl)cc23)C(C)C1. The van der Waals surface area contributed by atoms with Gasteiger partial charge in [0, 0.05) is 37.3 Å². The zero-order chi connectivity index (χ0) is 33.8. The number of piperazine rings is 1. The molecule has 1 aliphatic heterocycles. The zero-order valence-corrected chi connectivity index (χ0v) is 26.0. The van der Waals surface area contributed by atoms with Crippen LogP contribution >= 0.6 is 11.6 Å². The molecule has 0 saturated carbocycles. The van der Waals surface area contributed by atoms with Crippen molar-refractivity contribution in [1.29, 1.82) is 5.26 Å². The van der Waals surface area contributed by atoms with Crippen molar-refractivity contribution in [1.82, 2.24) is 19.4 Å². The fourth-order valence-corrected chi connectivity index (χ4v) is 6.08. The summed E-state index contributed by atoms with van der Waals surface area (Å²) in [5.74, 6) is -8.40. The van der Waals surface area contributed by atoms with Crippen LogP contribution in [0.15, 0.2) is 35.8 Å². The molecule has 9 nitrogen and oxygen atoms in total. The Balaban J connectivity index is 1.95. The average molecular weight is 654 g/mol. The number of hydrogen-bond acceptors (Lipinski definition) is 7. The van der Waals surface area contributed by atoms with Crippen LogP contribution in [-0.2, 0) is 4.79 Å². The molecule has 1 unspecified atom stereocenters. The van der Waals surface area contributed by atoms with Gasteiger partial charge < -0.3 is 15.5 Å². The highest BCUT2D eigenvalue weighted by Crippen LogP contribution is 2.41. The smallest absolute Gasteiger partial charge is 0.276 e. The number of nitrogen functional groups attached to an aromatic ring is 1. The number of nitrogens with zero attached hydrogens (tertiary/aromatic N) is 6. The number of nitrogens with two attached hydrogens (primary N) is 1. The molecule has 1 amide bonds. The predicted molar refractivity (Wildman–Crippen MR) is 167 cm³/mol. The van der Waals surface area contributed by atoms with Crippen molar-refractivity contribution in [2.24, 2.45) is 0 Å². The number of carbonyl (C=O) groups excluding carboxylic acids is 1. The normalized spacial score (nSPS) is 15.0. The van der Waals surface area contributed by atoms with Crippen molar-refractivity contribution in [3.8, 4) is 23.0 Å². The summed E-state index contributed by atoms with van der Waals surface area (Å²) >= 11 is 6.62. The highest BCUT2D eigenvalue weighted by molar-refractivity contribution is 6.34. The Hall–Kier alpha value is -4.96. The second-order valence-electron chi connectivity index (χ2n) is 11.3. The van der Waals surface area contributed by atoms with Crippen LogP contribution in [0.25, 0.3) is 28.0 Å². The van der Waals surface area contributed by atoms with Crippen LogP contribution in [0, 0.1) is 41.5 Å². The molecule has 0 aliphatic carbocycles. The number of pyridine rings is 3. The lowest BCUT2D eigenvalue weighted by Crippen LogP contribution is -2.54. The van der Waals surface area contributed by atoms with E-state index in [-0.39, 0.29) is 64.5 Å². The van der Waals surface area contributed by atoms with Gasteiger partial charge in [0.15, 0.2) is 23.3 Å². The molecule has 1 saturated heterocycles. The molecular formula is C32H28ClF4N7O2. The van der Waals surface area contributed by atoms with Gasteiger partial charge in [-0.3, -0.25) is 19.1 Å². The van der Waals surface area contributed by atoms with E-state index in [0.717, 1.165) is 4.57 Å². The highest BCUT2D eigenvalue weighted by Gasteiger charge is 2.34. The number of halogens is 5. The summed E-state index contributed by atoms with van der Waals surface area (Å²) in [6.45, 7) is 11.4. The molecule has 0 spiro atoms. The van der Waals surface area contributed by atoms with Gasteiger partial charge in [-0.05, 0) is 43.5 Å². The van der Waals surface area contributed by atoms with Gasteiger partial charge in [-0.15, -0.1) is 0 Å². The quantitative estimate of drug-likeness (QED) is 0.0955. The largest absolute Gasteiger partial charge is 0.396 e. The Labute approximate surface area is 266 Å². The van der Waals surface area contributed by atoms with Crippen molar-refractivity contribution >= 4 is 39.9 Å². The second kappa shape index (κ2) is 12.1. The number of aromatic nitrogens is 3. The molecule has 4 heterocycles. The van der Waals surface area contributed by atoms with Gasteiger partial charge in [-0.1, -0.05) is 32.0 Å². The number of amides is 1. The van der Waals surface area contributed by atoms with E-state index < -0.39 is 51.8 Å². The summed E-state index contributed by atoms with van der Waals surface area (Å²) in [5, 5.41) is 10.2. The predicted octanol–water partition coefficient (Wildman–Crippen LogP) is 5.77. The van der Waals surface area contributed by atoms with Crippen LogP contribution in [0.3, 0.4) is 0 Å². The van der Waals surface area contributed by atoms with Crippen molar-refractivity contribution < 1.29 is 22.4 Å². The molecule has 1 aliphatic rings. The maximum absolute atomic E-state index is 15.2. The lowest BCUT2D eigenvalue weighted by Gasteiger charge is -2.41. The molecule has 14 heteroatoms. The summed E-state index contributed by atoms with van der Waals surface area (Å²) < 4.78 is 59.5. The molecule has 1 fully saturated rings. The summed E-state index contributed by atoms with van der Waals surface area (Å²) in [4.78, 5) is 39.0. The first-order chi connectivity index (χ1) is 21.7. The molecule has 1 atom stereocenters. The summed E-state index contributed by atoms with van der Waals surface area (Å²) in [6.07, 6.45) is 2.75. The van der Waals surface area contributed by atoms with E-state index in [4.69, 9.17) is 17.3 Å². The molecule has 0 bridgehead atoms. The Morgan fingerprint density at radius 2 is 1.85 bits per heavy atom. The molecular weight excluding hydrogens is 626 g/mol.